The maximum Gasteiger partial charge on any atom is 0.254 e. The van der Waals surface area contributed by atoms with Crippen LogP contribution in [0, 0.1) is 6.92 Å². The smallest absolute Gasteiger partial charge is 0.254 e. The molecular formula is C12H16ClN3O. The van der Waals surface area contributed by atoms with Crippen LogP contribution in [-0.2, 0) is 0 Å². The maximum atomic E-state index is 12.2. The monoisotopic (exact) mass is 253 g/mol. The fourth-order valence-electron chi connectivity index (χ4n) is 1.94. The van der Waals surface area contributed by atoms with Crippen LogP contribution in [0.1, 0.15) is 16.1 Å². The maximum absolute atomic E-state index is 12.2. The van der Waals surface area contributed by atoms with E-state index in [1.165, 1.54) is 0 Å². The van der Waals surface area contributed by atoms with Crippen molar-refractivity contribution < 1.29 is 4.79 Å². The largest absolute Gasteiger partial charge is 0.336 e. The first-order valence-electron chi connectivity index (χ1n) is 5.68. The molecule has 5 heteroatoms. The van der Waals surface area contributed by atoms with Gasteiger partial charge in [-0.3, -0.25) is 4.79 Å². The molecule has 1 aliphatic heterocycles. The third-order valence-corrected chi connectivity index (χ3v) is 3.15. The van der Waals surface area contributed by atoms with Crippen LogP contribution in [0.2, 0.25) is 5.15 Å². The molecule has 0 unspecified atom stereocenters. The number of aromatic nitrogens is 1. The molecule has 1 aromatic heterocycles. The number of nitrogens with zero attached hydrogens (tertiary/aromatic N) is 3. The molecule has 0 spiro atoms. The van der Waals surface area contributed by atoms with E-state index in [1.54, 1.807) is 12.1 Å². The number of likely N-dealkylation sites (N-methyl/N-ethyl adjacent to an activating group) is 1. The van der Waals surface area contributed by atoms with Crippen molar-refractivity contribution in [3.63, 3.8) is 0 Å². The van der Waals surface area contributed by atoms with Gasteiger partial charge < -0.3 is 9.80 Å². The predicted octanol–water partition coefficient (Wildman–Crippen LogP) is 1.43. The van der Waals surface area contributed by atoms with E-state index in [-0.39, 0.29) is 5.91 Å². The number of aryl methyl sites for hydroxylation is 1. The molecule has 0 aliphatic carbocycles. The highest BCUT2D eigenvalue weighted by Crippen LogP contribution is 2.13. The molecule has 0 atom stereocenters. The molecule has 0 bridgehead atoms. The lowest BCUT2D eigenvalue weighted by Crippen LogP contribution is -2.47. The Morgan fingerprint density at radius 2 is 1.94 bits per heavy atom. The Morgan fingerprint density at radius 3 is 2.53 bits per heavy atom. The van der Waals surface area contributed by atoms with Crippen LogP contribution in [0.15, 0.2) is 12.1 Å². The highest BCUT2D eigenvalue weighted by molar-refractivity contribution is 6.29. The van der Waals surface area contributed by atoms with Crippen LogP contribution >= 0.6 is 11.6 Å². The van der Waals surface area contributed by atoms with E-state index in [0.717, 1.165) is 31.9 Å². The average Bonchev–Trinajstić information content (AvgIpc) is 2.28. The van der Waals surface area contributed by atoms with Gasteiger partial charge in [-0.25, -0.2) is 4.98 Å². The normalized spacial score (nSPS) is 17.2. The van der Waals surface area contributed by atoms with Gasteiger partial charge in [-0.15, -0.1) is 0 Å². The molecule has 1 aromatic rings. The number of carbonyl (C=O) groups excluding carboxylic acids is 1. The van der Waals surface area contributed by atoms with E-state index in [1.807, 2.05) is 11.8 Å². The van der Waals surface area contributed by atoms with Crippen molar-refractivity contribution in [1.29, 1.82) is 0 Å². The van der Waals surface area contributed by atoms with Crippen molar-refractivity contribution in [1.82, 2.24) is 14.8 Å². The topological polar surface area (TPSA) is 36.4 Å². The van der Waals surface area contributed by atoms with E-state index in [0.29, 0.717) is 10.7 Å². The Morgan fingerprint density at radius 1 is 1.29 bits per heavy atom. The number of carbonyl (C=O) groups is 1. The summed E-state index contributed by atoms with van der Waals surface area (Å²) in [7, 11) is 2.06. The number of pyridine rings is 1. The molecule has 1 aliphatic rings. The lowest BCUT2D eigenvalue weighted by Gasteiger charge is -2.32. The van der Waals surface area contributed by atoms with Crippen LogP contribution in [0.25, 0.3) is 0 Å². The SMILES string of the molecule is Cc1cc(C(=O)N2CCN(C)CC2)cc(Cl)n1. The van der Waals surface area contributed by atoms with Gasteiger partial charge in [0.25, 0.3) is 5.91 Å². The standard InChI is InChI=1S/C12H16ClN3O/c1-9-7-10(8-11(13)14-9)12(17)16-5-3-15(2)4-6-16/h7-8H,3-6H2,1-2H3. The third-order valence-electron chi connectivity index (χ3n) is 2.96. The van der Waals surface area contributed by atoms with Crippen LogP contribution in [-0.4, -0.2) is 53.9 Å². The van der Waals surface area contributed by atoms with Crippen LogP contribution in [0.3, 0.4) is 0 Å². The van der Waals surface area contributed by atoms with Gasteiger partial charge in [0.1, 0.15) is 5.15 Å². The zero-order valence-electron chi connectivity index (χ0n) is 10.1. The Kier molecular flexibility index (Phi) is 3.64. The average molecular weight is 254 g/mol. The summed E-state index contributed by atoms with van der Waals surface area (Å²) in [4.78, 5) is 20.4. The van der Waals surface area contributed by atoms with Gasteiger partial charge in [-0.1, -0.05) is 11.6 Å². The molecule has 1 amide bonds. The fourth-order valence-corrected chi connectivity index (χ4v) is 2.19. The summed E-state index contributed by atoms with van der Waals surface area (Å²) in [6.07, 6.45) is 0. The Labute approximate surface area is 106 Å². The lowest BCUT2D eigenvalue weighted by atomic mass is 10.2. The summed E-state index contributed by atoms with van der Waals surface area (Å²) < 4.78 is 0. The second-order valence-corrected chi connectivity index (χ2v) is 4.80. The van der Waals surface area contributed by atoms with Crippen LogP contribution in [0.4, 0.5) is 0 Å². The van der Waals surface area contributed by atoms with Crippen molar-refractivity contribution in [2.24, 2.45) is 0 Å². The molecule has 92 valence electrons. The van der Waals surface area contributed by atoms with Crippen molar-refractivity contribution in [3.8, 4) is 0 Å². The van der Waals surface area contributed by atoms with E-state index >= 15 is 0 Å². The molecule has 0 saturated carbocycles. The first-order valence-corrected chi connectivity index (χ1v) is 6.06. The highest BCUT2D eigenvalue weighted by atomic mass is 35.5. The summed E-state index contributed by atoms with van der Waals surface area (Å²) in [5.74, 6) is 0.0468. The number of piperazine rings is 1. The van der Waals surface area contributed by atoms with Gasteiger partial charge in [0, 0.05) is 37.4 Å². The zero-order valence-corrected chi connectivity index (χ0v) is 10.9. The van der Waals surface area contributed by atoms with Crippen molar-refractivity contribution >= 4 is 17.5 Å². The molecule has 2 rings (SSSR count). The van der Waals surface area contributed by atoms with Crippen molar-refractivity contribution in [2.75, 3.05) is 33.2 Å². The van der Waals surface area contributed by atoms with E-state index in [4.69, 9.17) is 11.6 Å². The molecule has 17 heavy (non-hydrogen) atoms. The fraction of sp³-hybridized carbons (Fsp3) is 0.500. The minimum absolute atomic E-state index is 0.0468. The summed E-state index contributed by atoms with van der Waals surface area (Å²) in [6.45, 7) is 5.22. The first kappa shape index (κ1) is 12.3. The van der Waals surface area contributed by atoms with Gasteiger partial charge in [0.05, 0.1) is 0 Å². The van der Waals surface area contributed by atoms with E-state index in [9.17, 15) is 4.79 Å². The first-order chi connectivity index (χ1) is 8.06. The Hall–Kier alpha value is -1.13. The van der Waals surface area contributed by atoms with Gasteiger partial charge in [-0.05, 0) is 26.1 Å². The third kappa shape index (κ3) is 2.96. The second-order valence-electron chi connectivity index (χ2n) is 4.42. The van der Waals surface area contributed by atoms with Gasteiger partial charge in [-0.2, -0.15) is 0 Å². The molecule has 0 aromatic carbocycles. The molecule has 0 N–H and O–H groups in total. The number of halogens is 1. The Bertz CT molecular complexity index is 408. The number of rotatable bonds is 1. The van der Waals surface area contributed by atoms with Gasteiger partial charge >= 0.3 is 0 Å². The summed E-state index contributed by atoms with van der Waals surface area (Å²) >= 11 is 5.87. The van der Waals surface area contributed by atoms with Gasteiger partial charge in [0.2, 0.25) is 0 Å². The minimum atomic E-state index is 0.0468. The van der Waals surface area contributed by atoms with E-state index < -0.39 is 0 Å². The number of hydrogen-bond donors (Lipinski definition) is 0. The molecular weight excluding hydrogens is 238 g/mol. The molecule has 4 nitrogen and oxygen atoms in total. The highest BCUT2D eigenvalue weighted by Gasteiger charge is 2.20. The molecule has 1 fully saturated rings. The van der Waals surface area contributed by atoms with E-state index in [2.05, 4.69) is 16.9 Å². The van der Waals surface area contributed by atoms with Crippen molar-refractivity contribution in [2.45, 2.75) is 6.92 Å². The molecule has 1 saturated heterocycles. The quantitative estimate of drug-likeness (QED) is 0.711. The number of amides is 1. The second kappa shape index (κ2) is 5.02. The number of hydrogen-bond acceptors (Lipinski definition) is 3. The van der Waals surface area contributed by atoms with Crippen molar-refractivity contribution in [3.05, 3.63) is 28.5 Å². The summed E-state index contributed by atoms with van der Waals surface area (Å²) in [5.41, 5.74) is 1.40. The van der Waals surface area contributed by atoms with Crippen LogP contribution in [0.5, 0.6) is 0 Å². The minimum Gasteiger partial charge on any atom is -0.336 e. The Balaban J connectivity index is 2.14. The predicted molar refractivity (Wildman–Crippen MR) is 67.4 cm³/mol. The lowest BCUT2D eigenvalue weighted by molar-refractivity contribution is 0.0664. The van der Waals surface area contributed by atoms with Gasteiger partial charge in [0.15, 0.2) is 0 Å². The molecule has 2 heterocycles. The zero-order chi connectivity index (χ0) is 12.4. The summed E-state index contributed by atoms with van der Waals surface area (Å²) in [6, 6.07) is 3.42. The van der Waals surface area contributed by atoms with Crippen LogP contribution < -0.4 is 0 Å². The summed E-state index contributed by atoms with van der Waals surface area (Å²) in [5, 5.41) is 0.377. The molecule has 0 radical (unpaired) electrons.